The van der Waals surface area contributed by atoms with E-state index < -0.39 is 4.84 Å². The monoisotopic (exact) mass is 337 g/mol. The molecular formula is C17H33Cl2NO. The summed E-state index contributed by atoms with van der Waals surface area (Å²) in [6.07, 6.45) is 13.4. The van der Waals surface area contributed by atoms with Crippen LogP contribution in [0.3, 0.4) is 0 Å². The number of hydrogen-bond donors (Lipinski definition) is 0. The standard InChI is InChI=1S/C17H33Cl2NO/c1-3-5-7-9-11-13-15-20(17(21)16(18)19)14-12-10-8-6-4-2/h16H,3-15H2,1-2H3. The van der Waals surface area contributed by atoms with E-state index >= 15 is 0 Å². The fourth-order valence-electron chi connectivity index (χ4n) is 2.46. The van der Waals surface area contributed by atoms with Gasteiger partial charge in [0.1, 0.15) is 0 Å². The van der Waals surface area contributed by atoms with E-state index in [1.807, 2.05) is 4.90 Å². The maximum atomic E-state index is 12.0. The van der Waals surface area contributed by atoms with Gasteiger partial charge in [-0.15, -0.1) is 0 Å². The number of alkyl halides is 2. The lowest BCUT2D eigenvalue weighted by atomic mass is 10.1. The normalized spacial score (nSPS) is 11.1. The maximum absolute atomic E-state index is 12.0. The number of halogens is 2. The van der Waals surface area contributed by atoms with Gasteiger partial charge >= 0.3 is 0 Å². The van der Waals surface area contributed by atoms with Crippen molar-refractivity contribution in [2.75, 3.05) is 13.1 Å². The van der Waals surface area contributed by atoms with Crippen molar-refractivity contribution in [1.29, 1.82) is 0 Å². The first kappa shape index (κ1) is 21.0. The molecule has 0 aromatic carbocycles. The second-order valence-electron chi connectivity index (χ2n) is 5.81. The highest BCUT2D eigenvalue weighted by molar-refractivity contribution is 6.53. The SMILES string of the molecule is CCCCCCCCN(CCCCCCC)C(=O)C(Cl)Cl. The van der Waals surface area contributed by atoms with Gasteiger partial charge in [0.15, 0.2) is 4.84 Å². The largest absolute Gasteiger partial charge is 0.340 e. The van der Waals surface area contributed by atoms with Crippen molar-refractivity contribution >= 4 is 29.1 Å². The Labute approximate surface area is 141 Å². The van der Waals surface area contributed by atoms with E-state index in [1.54, 1.807) is 0 Å². The highest BCUT2D eigenvalue weighted by Gasteiger charge is 2.19. The van der Waals surface area contributed by atoms with Gasteiger partial charge in [0, 0.05) is 13.1 Å². The van der Waals surface area contributed by atoms with Gasteiger partial charge in [-0.2, -0.15) is 0 Å². The smallest absolute Gasteiger partial charge is 0.255 e. The average Bonchev–Trinajstić information content (AvgIpc) is 2.47. The van der Waals surface area contributed by atoms with Crippen LogP contribution in [-0.2, 0) is 4.79 Å². The zero-order valence-electron chi connectivity index (χ0n) is 13.9. The number of hydrogen-bond acceptors (Lipinski definition) is 1. The zero-order valence-corrected chi connectivity index (χ0v) is 15.4. The number of unbranched alkanes of at least 4 members (excludes halogenated alkanes) is 9. The van der Waals surface area contributed by atoms with E-state index in [0.717, 1.165) is 25.9 Å². The topological polar surface area (TPSA) is 20.3 Å². The van der Waals surface area contributed by atoms with Crippen molar-refractivity contribution in [2.24, 2.45) is 0 Å². The van der Waals surface area contributed by atoms with Crippen LogP contribution < -0.4 is 0 Å². The zero-order chi connectivity index (χ0) is 15.9. The molecule has 0 saturated heterocycles. The third-order valence-electron chi connectivity index (χ3n) is 3.81. The molecular weight excluding hydrogens is 305 g/mol. The first-order valence-corrected chi connectivity index (χ1v) is 9.57. The first-order valence-electron chi connectivity index (χ1n) is 8.70. The van der Waals surface area contributed by atoms with Crippen molar-refractivity contribution in [3.8, 4) is 0 Å². The summed E-state index contributed by atoms with van der Waals surface area (Å²) in [5, 5.41) is 0. The number of carbonyl (C=O) groups excluding carboxylic acids is 1. The molecule has 21 heavy (non-hydrogen) atoms. The molecule has 0 aromatic rings. The van der Waals surface area contributed by atoms with E-state index in [0.29, 0.717) is 0 Å². The van der Waals surface area contributed by atoms with Crippen LogP contribution in [-0.4, -0.2) is 28.7 Å². The van der Waals surface area contributed by atoms with Crippen LogP contribution in [0.1, 0.15) is 84.5 Å². The van der Waals surface area contributed by atoms with Crippen LogP contribution in [0.2, 0.25) is 0 Å². The second-order valence-corrected chi connectivity index (χ2v) is 6.90. The molecule has 0 unspecified atom stereocenters. The molecule has 4 heteroatoms. The number of carbonyl (C=O) groups is 1. The number of amides is 1. The van der Waals surface area contributed by atoms with Crippen molar-refractivity contribution in [1.82, 2.24) is 4.90 Å². The summed E-state index contributed by atoms with van der Waals surface area (Å²) in [5.41, 5.74) is 0. The van der Waals surface area contributed by atoms with Crippen molar-refractivity contribution in [3.05, 3.63) is 0 Å². The van der Waals surface area contributed by atoms with Gasteiger partial charge in [0.2, 0.25) is 0 Å². The molecule has 2 nitrogen and oxygen atoms in total. The highest BCUT2D eigenvalue weighted by atomic mass is 35.5. The van der Waals surface area contributed by atoms with Crippen molar-refractivity contribution in [3.63, 3.8) is 0 Å². The molecule has 1 amide bonds. The molecule has 0 spiro atoms. The Kier molecular flexibility index (Phi) is 15.0. The van der Waals surface area contributed by atoms with E-state index in [-0.39, 0.29) is 5.91 Å². The molecule has 0 N–H and O–H groups in total. The highest BCUT2D eigenvalue weighted by Crippen LogP contribution is 2.12. The van der Waals surface area contributed by atoms with Gasteiger partial charge in [-0.1, -0.05) is 94.8 Å². The minimum Gasteiger partial charge on any atom is -0.340 e. The molecule has 0 aliphatic rings. The predicted octanol–water partition coefficient (Wildman–Crippen LogP) is 5.95. The summed E-state index contributed by atoms with van der Waals surface area (Å²) >= 11 is 11.5. The van der Waals surface area contributed by atoms with E-state index in [4.69, 9.17) is 23.2 Å². The summed E-state index contributed by atoms with van der Waals surface area (Å²) in [6, 6.07) is 0. The Morgan fingerprint density at radius 3 is 1.52 bits per heavy atom. The molecule has 0 radical (unpaired) electrons. The molecule has 0 saturated carbocycles. The Morgan fingerprint density at radius 1 is 0.762 bits per heavy atom. The fraction of sp³-hybridized carbons (Fsp3) is 0.941. The third kappa shape index (κ3) is 12.3. The Morgan fingerprint density at radius 2 is 1.14 bits per heavy atom. The predicted molar refractivity (Wildman–Crippen MR) is 94.2 cm³/mol. The summed E-state index contributed by atoms with van der Waals surface area (Å²) < 4.78 is 0. The minimum absolute atomic E-state index is 0.123. The minimum atomic E-state index is -0.916. The van der Waals surface area contributed by atoms with Crippen LogP contribution in [0, 0.1) is 0 Å². The van der Waals surface area contributed by atoms with E-state index in [2.05, 4.69) is 13.8 Å². The molecule has 0 aromatic heterocycles. The second kappa shape index (κ2) is 15.0. The van der Waals surface area contributed by atoms with Gasteiger partial charge in [0.05, 0.1) is 0 Å². The van der Waals surface area contributed by atoms with E-state index in [1.165, 1.54) is 57.8 Å². The van der Waals surface area contributed by atoms with Gasteiger partial charge in [-0.25, -0.2) is 0 Å². The quantitative estimate of drug-likeness (QED) is 0.283. The van der Waals surface area contributed by atoms with Gasteiger partial charge in [-0.3, -0.25) is 4.79 Å². The fourth-order valence-corrected chi connectivity index (χ4v) is 2.74. The van der Waals surface area contributed by atoms with Crippen molar-refractivity contribution < 1.29 is 4.79 Å². The first-order chi connectivity index (χ1) is 10.1. The molecule has 0 bridgehead atoms. The van der Waals surface area contributed by atoms with Crippen molar-refractivity contribution in [2.45, 2.75) is 89.3 Å². The Bertz CT molecular complexity index is 247. The molecule has 0 fully saturated rings. The average molecular weight is 338 g/mol. The maximum Gasteiger partial charge on any atom is 0.255 e. The molecule has 126 valence electrons. The summed E-state index contributed by atoms with van der Waals surface area (Å²) in [5.74, 6) is -0.123. The van der Waals surface area contributed by atoms with Crippen LogP contribution in [0.25, 0.3) is 0 Å². The Hall–Kier alpha value is 0.0500. The lowest BCUT2D eigenvalue weighted by Gasteiger charge is -2.23. The molecule has 0 atom stereocenters. The summed E-state index contributed by atoms with van der Waals surface area (Å²) in [6.45, 7) is 6.03. The molecule has 0 aliphatic carbocycles. The molecule has 0 heterocycles. The van der Waals surface area contributed by atoms with Gasteiger partial charge < -0.3 is 4.90 Å². The van der Waals surface area contributed by atoms with Gasteiger partial charge in [-0.05, 0) is 12.8 Å². The summed E-state index contributed by atoms with van der Waals surface area (Å²) in [4.78, 5) is 12.9. The van der Waals surface area contributed by atoms with E-state index in [9.17, 15) is 4.79 Å². The number of nitrogens with zero attached hydrogens (tertiary/aromatic N) is 1. The molecule has 0 aliphatic heterocycles. The van der Waals surface area contributed by atoms with Crippen LogP contribution >= 0.6 is 23.2 Å². The van der Waals surface area contributed by atoms with Crippen LogP contribution in [0.15, 0.2) is 0 Å². The number of rotatable bonds is 14. The third-order valence-corrected chi connectivity index (χ3v) is 4.18. The van der Waals surface area contributed by atoms with Gasteiger partial charge in [0.25, 0.3) is 5.91 Å². The van der Waals surface area contributed by atoms with Crippen LogP contribution in [0.5, 0.6) is 0 Å². The lowest BCUT2D eigenvalue weighted by Crippen LogP contribution is -2.36. The van der Waals surface area contributed by atoms with Crippen LogP contribution in [0.4, 0.5) is 0 Å². The summed E-state index contributed by atoms with van der Waals surface area (Å²) in [7, 11) is 0. The Balaban J connectivity index is 3.89. The lowest BCUT2D eigenvalue weighted by molar-refractivity contribution is -0.129. The molecule has 0 rings (SSSR count).